The highest BCUT2D eigenvalue weighted by atomic mass is 79.9. The minimum absolute atomic E-state index is 0.0312. The Kier molecular flexibility index (Phi) is 4.36. The van der Waals surface area contributed by atoms with Gasteiger partial charge in [-0.3, -0.25) is 10.1 Å². The molecule has 20 heavy (non-hydrogen) atoms. The van der Waals surface area contributed by atoms with Crippen LogP contribution < -0.4 is 10.5 Å². The monoisotopic (exact) mass is 336 g/mol. The van der Waals surface area contributed by atoms with Gasteiger partial charge in [-0.2, -0.15) is 0 Å². The largest absolute Gasteiger partial charge is 0.456 e. The first-order valence-electron chi connectivity index (χ1n) is 5.94. The van der Waals surface area contributed by atoms with Gasteiger partial charge in [-0.25, -0.2) is 0 Å². The third-order valence-corrected chi connectivity index (χ3v) is 3.38. The number of nitro groups is 1. The summed E-state index contributed by atoms with van der Waals surface area (Å²) in [7, 11) is 0. The predicted molar refractivity (Wildman–Crippen MR) is 79.9 cm³/mol. The molecule has 2 N–H and O–H groups in total. The van der Waals surface area contributed by atoms with Crippen LogP contribution in [-0.4, -0.2) is 4.92 Å². The van der Waals surface area contributed by atoms with Crippen molar-refractivity contribution in [3.8, 4) is 11.5 Å². The standard InChI is InChI=1S/C14H13BrN2O3/c1-9(16)10-2-7-14(13(15)8-10)20-12-5-3-11(4-6-12)17(18)19/h2-9H,16H2,1H3/t9-/m0/s1. The summed E-state index contributed by atoms with van der Waals surface area (Å²) in [5.41, 5.74) is 6.83. The van der Waals surface area contributed by atoms with Crippen LogP contribution in [0.25, 0.3) is 0 Å². The molecule has 104 valence electrons. The molecule has 0 saturated carbocycles. The zero-order valence-electron chi connectivity index (χ0n) is 10.7. The second-order valence-electron chi connectivity index (χ2n) is 4.33. The number of non-ortho nitro benzene ring substituents is 1. The fourth-order valence-electron chi connectivity index (χ4n) is 1.65. The zero-order valence-corrected chi connectivity index (χ0v) is 12.3. The third kappa shape index (κ3) is 3.34. The first kappa shape index (κ1) is 14.5. The van der Waals surface area contributed by atoms with Crippen molar-refractivity contribution in [1.82, 2.24) is 0 Å². The van der Waals surface area contributed by atoms with Gasteiger partial charge in [0.1, 0.15) is 11.5 Å². The number of nitrogens with two attached hydrogens (primary N) is 1. The van der Waals surface area contributed by atoms with E-state index in [0.29, 0.717) is 11.5 Å². The number of rotatable bonds is 4. The van der Waals surface area contributed by atoms with Gasteiger partial charge in [0.15, 0.2) is 0 Å². The summed E-state index contributed by atoms with van der Waals surface area (Å²) in [5, 5.41) is 10.6. The van der Waals surface area contributed by atoms with E-state index in [4.69, 9.17) is 10.5 Å². The molecular formula is C14H13BrN2O3. The lowest BCUT2D eigenvalue weighted by Crippen LogP contribution is -2.04. The van der Waals surface area contributed by atoms with Gasteiger partial charge in [0, 0.05) is 18.2 Å². The van der Waals surface area contributed by atoms with Crippen molar-refractivity contribution >= 4 is 21.6 Å². The molecule has 6 heteroatoms. The van der Waals surface area contributed by atoms with Crippen molar-refractivity contribution in [2.75, 3.05) is 0 Å². The van der Waals surface area contributed by atoms with Crippen molar-refractivity contribution in [1.29, 1.82) is 0 Å². The molecule has 0 saturated heterocycles. The molecule has 2 aromatic rings. The fourth-order valence-corrected chi connectivity index (χ4v) is 2.12. The fraction of sp³-hybridized carbons (Fsp3) is 0.143. The Balaban J connectivity index is 2.19. The van der Waals surface area contributed by atoms with E-state index >= 15 is 0 Å². The lowest BCUT2D eigenvalue weighted by atomic mass is 10.1. The van der Waals surface area contributed by atoms with E-state index in [1.54, 1.807) is 12.1 Å². The Hall–Kier alpha value is -1.92. The Labute approximate surface area is 124 Å². The molecule has 0 fully saturated rings. The normalized spacial score (nSPS) is 11.9. The summed E-state index contributed by atoms with van der Waals surface area (Å²) in [4.78, 5) is 10.1. The molecule has 0 heterocycles. The van der Waals surface area contributed by atoms with Crippen LogP contribution in [0.5, 0.6) is 11.5 Å². The van der Waals surface area contributed by atoms with E-state index in [-0.39, 0.29) is 11.7 Å². The number of benzene rings is 2. The summed E-state index contributed by atoms with van der Waals surface area (Å²) in [6, 6.07) is 11.5. The predicted octanol–water partition coefficient (Wildman–Crippen LogP) is 4.17. The highest BCUT2D eigenvalue weighted by molar-refractivity contribution is 9.10. The smallest absolute Gasteiger partial charge is 0.269 e. The zero-order chi connectivity index (χ0) is 14.7. The lowest BCUT2D eigenvalue weighted by molar-refractivity contribution is -0.384. The van der Waals surface area contributed by atoms with E-state index in [0.717, 1.165) is 10.0 Å². The van der Waals surface area contributed by atoms with Crippen molar-refractivity contribution in [2.45, 2.75) is 13.0 Å². The van der Waals surface area contributed by atoms with Gasteiger partial charge in [0.2, 0.25) is 0 Å². The molecule has 0 unspecified atom stereocenters. The van der Waals surface area contributed by atoms with E-state index in [1.165, 1.54) is 12.1 Å². The maximum absolute atomic E-state index is 10.6. The van der Waals surface area contributed by atoms with Crippen LogP contribution in [0.15, 0.2) is 46.9 Å². The summed E-state index contributed by atoms with van der Waals surface area (Å²) in [6.45, 7) is 1.90. The molecule has 5 nitrogen and oxygen atoms in total. The van der Waals surface area contributed by atoms with Crippen molar-refractivity contribution in [3.63, 3.8) is 0 Å². The van der Waals surface area contributed by atoms with Gasteiger partial charge in [-0.05, 0) is 52.7 Å². The Morgan fingerprint density at radius 3 is 2.40 bits per heavy atom. The molecule has 1 atom stereocenters. The molecule has 2 rings (SSSR count). The molecule has 0 aliphatic heterocycles. The average molecular weight is 337 g/mol. The number of nitro benzene ring substituents is 1. The van der Waals surface area contributed by atoms with Crippen molar-refractivity contribution < 1.29 is 9.66 Å². The Bertz CT molecular complexity index is 627. The minimum atomic E-state index is -0.447. The number of hydrogen-bond donors (Lipinski definition) is 1. The Morgan fingerprint density at radius 1 is 1.25 bits per heavy atom. The molecule has 0 aliphatic carbocycles. The van der Waals surface area contributed by atoms with Gasteiger partial charge in [-0.1, -0.05) is 6.07 Å². The third-order valence-electron chi connectivity index (χ3n) is 2.76. The number of nitrogens with zero attached hydrogens (tertiary/aromatic N) is 1. The van der Waals surface area contributed by atoms with Crippen molar-refractivity contribution in [3.05, 3.63) is 62.6 Å². The van der Waals surface area contributed by atoms with Crippen LogP contribution in [-0.2, 0) is 0 Å². The minimum Gasteiger partial charge on any atom is -0.456 e. The summed E-state index contributed by atoms with van der Waals surface area (Å²) >= 11 is 3.42. The van der Waals surface area contributed by atoms with Gasteiger partial charge in [0.25, 0.3) is 5.69 Å². The van der Waals surface area contributed by atoms with E-state index in [9.17, 15) is 10.1 Å². The summed E-state index contributed by atoms with van der Waals surface area (Å²) in [5.74, 6) is 1.16. The molecule has 2 aromatic carbocycles. The molecule has 0 aliphatic rings. The SMILES string of the molecule is C[C@H](N)c1ccc(Oc2ccc([N+](=O)[O-])cc2)c(Br)c1. The number of hydrogen-bond acceptors (Lipinski definition) is 4. The molecule has 0 spiro atoms. The van der Waals surface area contributed by atoms with Crippen LogP contribution in [0.2, 0.25) is 0 Å². The topological polar surface area (TPSA) is 78.4 Å². The quantitative estimate of drug-likeness (QED) is 0.671. The molecule has 0 amide bonds. The van der Waals surface area contributed by atoms with E-state index in [2.05, 4.69) is 15.9 Å². The van der Waals surface area contributed by atoms with Crippen LogP contribution in [0.4, 0.5) is 5.69 Å². The first-order chi connectivity index (χ1) is 9.47. The second-order valence-corrected chi connectivity index (χ2v) is 5.19. The van der Waals surface area contributed by atoms with Crippen LogP contribution in [0.3, 0.4) is 0 Å². The van der Waals surface area contributed by atoms with Crippen LogP contribution >= 0.6 is 15.9 Å². The lowest BCUT2D eigenvalue weighted by Gasteiger charge is -2.11. The Morgan fingerprint density at radius 2 is 1.90 bits per heavy atom. The highest BCUT2D eigenvalue weighted by Gasteiger charge is 2.08. The first-order valence-corrected chi connectivity index (χ1v) is 6.74. The highest BCUT2D eigenvalue weighted by Crippen LogP contribution is 2.32. The molecule has 0 bridgehead atoms. The number of halogens is 1. The maximum atomic E-state index is 10.6. The molecular weight excluding hydrogens is 324 g/mol. The van der Waals surface area contributed by atoms with E-state index < -0.39 is 4.92 Å². The van der Waals surface area contributed by atoms with Gasteiger partial charge < -0.3 is 10.5 Å². The molecule has 0 radical (unpaired) electrons. The van der Waals surface area contributed by atoms with Crippen LogP contribution in [0, 0.1) is 10.1 Å². The maximum Gasteiger partial charge on any atom is 0.269 e. The second kappa shape index (κ2) is 6.02. The summed E-state index contributed by atoms with van der Waals surface area (Å²) < 4.78 is 6.45. The molecule has 0 aromatic heterocycles. The van der Waals surface area contributed by atoms with E-state index in [1.807, 2.05) is 25.1 Å². The van der Waals surface area contributed by atoms with Crippen LogP contribution in [0.1, 0.15) is 18.5 Å². The average Bonchev–Trinajstić information content (AvgIpc) is 2.41. The van der Waals surface area contributed by atoms with Gasteiger partial charge in [0.05, 0.1) is 9.40 Å². The van der Waals surface area contributed by atoms with Crippen molar-refractivity contribution in [2.24, 2.45) is 5.73 Å². The van der Waals surface area contributed by atoms with Gasteiger partial charge >= 0.3 is 0 Å². The number of ether oxygens (including phenoxy) is 1. The summed E-state index contributed by atoms with van der Waals surface area (Å²) in [6.07, 6.45) is 0. The van der Waals surface area contributed by atoms with Gasteiger partial charge in [-0.15, -0.1) is 0 Å².